The van der Waals surface area contributed by atoms with E-state index < -0.39 is 18.3 Å². The first kappa shape index (κ1) is 17.1. The van der Waals surface area contributed by atoms with Crippen LogP contribution < -0.4 is 0 Å². The van der Waals surface area contributed by atoms with Crippen LogP contribution >= 0.6 is 11.6 Å². The molecule has 126 valence electrons. The first-order valence-corrected chi connectivity index (χ1v) is 8.25. The molecule has 2 aromatic carbocycles. The Labute approximate surface area is 146 Å². The molecule has 0 unspecified atom stereocenters. The second kappa shape index (κ2) is 7.90. The summed E-state index contributed by atoms with van der Waals surface area (Å²) >= 11 is 5.84. The average molecular weight is 347 g/mol. The molecule has 5 heteroatoms. The van der Waals surface area contributed by atoms with E-state index in [1.807, 2.05) is 30.3 Å². The van der Waals surface area contributed by atoms with E-state index in [9.17, 15) is 9.90 Å². The molecule has 1 aliphatic heterocycles. The van der Waals surface area contributed by atoms with Gasteiger partial charge >= 0.3 is 0 Å². The largest absolute Gasteiger partial charge is 0.388 e. The number of ketones is 1. The highest BCUT2D eigenvalue weighted by Gasteiger charge is 2.38. The maximum Gasteiger partial charge on any atom is 0.165 e. The zero-order valence-corrected chi connectivity index (χ0v) is 13.9. The molecule has 1 saturated heterocycles. The van der Waals surface area contributed by atoms with Gasteiger partial charge in [0.15, 0.2) is 5.78 Å². The van der Waals surface area contributed by atoms with E-state index in [0.717, 1.165) is 5.56 Å². The third-order valence-corrected chi connectivity index (χ3v) is 4.32. The van der Waals surface area contributed by atoms with Crippen molar-refractivity contribution in [3.63, 3.8) is 0 Å². The van der Waals surface area contributed by atoms with E-state index in [4.69, 9.17) is 21.1 Å². The molecule has 4 nitrogen and oxygen atoms in total. The highest BCUT2D eigenvalue weighted by Crippen LogP contribution is 2.24. The molecule has 3 rings (SSSR count). The second-order valence-corrected chi connectivity index (χ2v) is 6.27. The van der Waals surface area contributed by atoms with Gasteiger partial charge in [0.1, 0.15) is 12.2 Å². The van der Waals surface area contributed by atoms with Crippen LogP contribution in [0.4, 0.5) is 0 Å². The number of ether oxygens (including phenoxy) is 2. The summed E-state index contributed by atoms with van der Waals surface area (Å²) in [5.74, 6) is -0.0564. The van der Waals surface area contributed by atoms with Crippen LogP contribution in [0.25, 0.3) is 0 Å². The van der Waals surface area contributed by atoms with Gasteiger partial charge in [-0.25, -0.2) is 0 Å². The lowest BCUT2D eigenvalue weighted by atomic mass is 10.0. The number of hydrogen-bond acceptors (Lipinski definition) is 4. The summed E-state index contributed by atoms with van der Waals surface area (Å²) in [6.45, 7) is 0.551. The van der Waals surface area contributed by atoms with Gasteiger partial charge in [0.05, 0.1) is 19.3 Å². The summed E-state index contributed by atoms with van der Waals surface area (Å²) in [5.41, 5.74) is 1.59. The Bertz CT molecular complexity index is 672. The molecule has 2 aromatic rings. The van der Waals surface area contributed by atoms with Crippen molar-refractivity contribution < 1.29 is 19.4 Å². The quantitative estimate of drug-likeness (QED) is 0.816. The zero-order valence-electron chi connectivity index (χ0n) is 13.1. The van der Waals surface area contributed by atoms with Gasteiger partial charge in [0.2, 0.25) is 0 Å². The van der Waals surface area contributed by atoms with Crippen LogP contribution in [-0.2, 0) is 16.1 Å². The molecule has 0 spiro atoms. The normalized spacial score (nSPS) is 23.3. The molecule has 0 bridgehead atoms. The molecule has 3 atom stereocenters. The summed E-state index contributed by atoms with van der Waals surface area (Å²) in [4.78, 5) is 12.4. The van der Waals surface area contributed by atoms with Crippen LogP contribution in [0.2, 0.25) is 5.02 Å². The van der Waals surface area contributed by atoms with E-state index in [0.29, 0.717) is 17.2 Å². The Hall–Kier alpha value is -1.72. The monoisotopic (exact) mass is 346 g/mol. The predicted octanol–water partition coefficient (Wildman–Crippen LogP) is 3.26. The van der Waals surface area contributed by atoms with Crippen molar-refractivity contribution in [1.82, 2.24) is 0 Å². The van der Waals surface area contributed by atoms with Crippen molar-refractivity contribution in [3.8, 4) is 0 Å². The molecule has 1 heterocycles. The second-order valence-electron chi connectivity index (χ2n) is 5.83. The first-order valence-electron chi connectivity index (χ1n) is 7.87. The molecular weight excluding hydrogens is 328 g/mol. The molecule has 1 fully saturated rings. The van der Waals surface area contributed by atoms with Gasteiger partial charge < -0.3 is 14.6 Å². The van der Waals surface area contributed by atoms with E-state index in [2.05, 4.69) is 0 Å². The van der Waals surface area contributed by atoms with Crippen LogP contribution in [0.5, 0.6) is 0 Å². The first-order chi connectivity index (χ1) is 11.6. The van der Waals surface area contributed by atoms with Gasteiger partial charge in [-0.2, -0.15) is 0 Å². The fourth-order valence-electron chi connectivity index (χ4n) is 2.76. The third kappa shape index (κ3) is 4.22. The lowest BCUT2D eigenvalue weighted by Gasteiger charge is -2.20. The Kier molecular flexibility index (Phi) is 5.63. The van der Waals surface area contributed by atoms with Gasteiger partial charge in [-0.3, -0.25) is 4.79 Å². The number of benzene rings is 2. The number of aliphatic hydroxyl groups is 1. The predicted molar refractivity (Wildman–Crippen MR) is 91.2 cm³/mol. The minimum Gasteiger partial charge on any atom is -0.388 e. The number of aliphatic hydroxyl groups excluding tert-OH is 1. The van der Waals surface area contributed by atoms with Gasteiger partial charge in [-0.15, -0.1) is 0 Å². The molecule has 0 radical (unpaired) electrons. The topological polar surface area (TPSA) is 55.8 Å². The Morgan fingerprint density at radius 2 is 1.88 bits per heavy atom. The summed E-state index contributed by atoms with van der Waals surface area (Å²) in [6, 6.07) is 16.5. The van der Waals surface area contributed by atoms with Crippen LogP contribution in [0.15, 0.2) is 54.6 Å². The van der Waals surface area contributed by atoms with Gasteiger partial charge in [0, 0.05) is 17.0 Å². The van der Waals surface area contributed by atoms with E-state index >= 15 is 0 Å². The standard InChI is InChI=1S/C19H19ClO4/c20-15-8-6-14(7-9-15)16(21)10-18-19(17(22)12-23-18)24-11-13-4-2-1-3-5-13/h1-9,17-19,22H,10-12H2/t17-,18-,19-/m1/s1. The lowest BCUT2D eigenvalue weighted by molar-refractivity contribution is -0.0459. The van der Waals surface area contributed by atoms with E-state index in [-0.39, 0.29) is 18.8 Å². The highest BCUT2D eigenvalue weighted by atomic mass is 35.5. The number of carbonyl (C=O) groups excluding carboxylic acids is 1. The number of hydrogen-bond donors (Lipinski definition) is 1. The van der Waals surface area contributed by atoms with Crippen LogP contribution in [0.1, 0.15) is 22.3 Å². The lowest BCUT2D eigenvalue weighted by Crippen LogP contribution is -2.34. The molecular formula is C19H19ClO4. The van der Waals surface area contributed by atoms with Crippen molar-refractivity contribution in [2.75, 3.05) is 6.61 Å². The maximum absolute atomic E-state index is 12.4. The Balaban J connectivity index is 1.61. The zero-order chi connectivity index (χ0) is 16.9. The van der Waals surface area contributed by atoms with E-state index in [1.54, 1.807) is 24.3 Å². The minimum atomic E-state index is -0.725. The number of rotatable bonds is 6. The van der Waals surface area contributed by atoms with Crippen LogP contribution in [0.3, 0.4) is 0 Å². The van der Waals surface area contributed by atoms with Crippen LogP contribution in [-0.4, -0.2) is 35.8 Å². The molecule has 0 amide bonds. The smallest absolute Gasteiger partial charge is 0.165 e. The fourth-order valence-corrected chi connectivity index (χ4v) is 2.88. The Morgan fingerprint density at radius 3 is 2.58 bits per heavy atom. The van der Waals surface area contributed by atoms with Crippen LogP contribution in [0, 0.1) is 0 Å². The summed E-state index contributed by atoms with van der Waals surface area (Å²) in [7, 11) is 0. The SMILES string of the molecule is O=C(C[C@H]1OC[C@@H](O)[C@H]1OCc1ccccc1)c1ccc(Cl)cc1. The summed E-state index contributed by atoms with van der Waals surface area (Å²) in [6.07, 6.45) is -1.52. The van der Waals surface area contributed by atoms with Crippen molar-refractivity contribution in [3.05, 3.63) is 70.7 Å². The van der Waals surface area contributed by atoms with E-state index in [1.165, 1.54) is 0 Å². The molecule has 0 aromatic heterocycles. The summed E-state index contributed by atoms with van der Waals surface area (Å²) < 4.78 is 11.4. The molecule has 1 N–H and O–H groups in total. The molecule has 1 aliphatic rings. The minimum absolute atomic E-state index is 0.0564. The highest BCUT2D eigenvalue weighted by molar-refractivity contribution is 6.30. The summed E-state index contributed by atoms with van der Waals surface area (Å²) in [5, 5.41) is 10.7. The van der Waals surface area contributed by atoms with Crippen molar-refractivity contribution in [2.45, 2.75) is 31.3 Å². The third-order valence-electron chi connectivity index (χ3n) is 4.06. The number of carbonyl (C=O) groups is 1. The molecule has 0 saturated carbocycles. The van der Waals surface area contributed by atoms with Crippen molar-refractivity contribution in [1.29, 1.82) is 0 Å². The van der Waals surface area contributed by atoms with Crippen molar-refractivity contribution in [2.24, 2.45) is 0 Å². The average Bonchev–Trinajstić information content (AvgIpc) is 2.94. The number of halogens is 1. The molecule has 0 aliphatic carbocycles. The number of Topliss-reactive ketones (excluding diaryl/α,β-unsaturated/α-hetero) is 1. The molecule has 24 heavy (non-hydrogen) atoms. The fraction of sp³-hybridized carbons (Fsp3) is 0.316. The van der Waals surface area contributed by atoms with Gasteiger partial charge in [-0.05, 0) is 29.8 Å². The Morgan fingerprint density at radius 1 is 1.17 bits per heavy atom. The maximum atomic E-state index is 12.4. The van der Waals surface area contributed by atoms with Crippen molar-refractivity contribution >= 4 is 17.4 Å². The van der Waals surface area contributed by atoms with Gasteiger partial charge in [0.25, 0.3) is 0 Å². The van der Waals surface area contributed by atoms with Gasteiger partial charge in [-0.1, -0.05) is 41.9 Å².